The van der Waals surface area contributed by atoms with Crippen molar-refractivity contribution in [2.45, 2.75) is 18.4 Å². The van der Waals surface area contributed by atoms with E-state index in [4.69, 9.17) is 4.74 Å². The van der Waals surface area contributed by atoms with E-state index >= 15 is 0 Å². The molecule has 8 heteroatoms. The van der Waals surface area contributed by atoms with Crippen molar-refractivity contribution in [3.8, 4) is 17.0 Å². The first-order valence-corrected chi connectivity index (χ1v) is 12.7. The van der Waals surface area contributed by atoms with Crippen molar-refractivity contribution < 1.29 is 17.9 Å². The molecule has 34 heavy (non-hydrogen) atoms. The molecule has 6 nitrogen and oxygen atoms in total. The normalized spacial score (nSPS) is 11.9. The summed E-state index contributed by atoms with van der Waals surface area (Å²) >= 11 is 1.23. The Morgan fingerprint density at radius 1 is 1.03 bits per heavy atom. The van der Waals surface area contributed by atoms with Gasteiger partial charge in [0, 0.05) is 11.9 Å². The van der Waals surface area contributed by atoms with Crippen LogP contribution in [-0.2, 0) is 16.6 Å². The number of carbonyl (C=O) groups is 1. The Bertz CT molecular complexity index is 1480. The summed E-state index contributed by atoms with van der Waals surface area (Å²) in [6.45, 7) is 6.06. The number of hydrogen-bond donors (Lipinski definition) is 0. The highest BCUT2D eigenvalue weighted by Crippen LogP contribution is 2.24. The molecule has 4 rings (SSSR count). The molecule has 0 aliphatic heterocycles. The minimum Gasteiger partial charge on any atom is -0.423 e. The lowest BCUT2D eigenvalue weighted by Gasteiger charge is -2.08. The van der Waals surface area contributed by atoms with Gasteiger partial charge < -0.3 is 9.30 Å². The lowest BCUT2D eigenvalue weighted by atomic mass is 10.1. The summed E-state index contributed by atoms with van der Waals surface area (Å²) in [6.07, 6.45) is 1.68. The molecule has 0 N–H and O–H groups in total. The van der Waals surface area contributed by atoms with Gasteiger partial charge in [0.1, 0.15) is 5.75 Å². The predicted molar refractivity (Wildman–Crippen MR) is 133 cm³/mol. The van der Waals surface area contributed by atoms with Crippen molar-refractivity contribution >= 4 is 27.3 Å². The smallest absolute Gasteiger partial charge is 0.343 e. The van der Waals surface area contributed by atoms with Crippen LogP contribution in [0, 0.1) is 6.92 Å². The zero-order valence-corrected chi connectivity index (χ0v) is 20.1. The van der Waals surface area contributed by atoms with Gasteiger partial charge in [-0.15, -0.1) is 22.3 Å². The van der Waals surface area contributed by atoms with Crippen molar-refractivity contribution in [3.05, 3.63) is 113 Å². The molecule has 4 aromatic rings. The fourth-order valence-electron chi connectivity index (χ4n) is 3.24. The summed E-state index contributed by atoms with van der Waals surface area (Å²) in [4.78, 5) is 12.8. The molecule has 0 atom stereocenters. The van der Waals surface area contributed by atoms with Crippen LogP contribution >= 0.6 is 11.3 Å². The third kappa shape index (κ3) is 5.24. The number of carbonyl (C=O) groups excluding carboxylic acids is 1. The van der Waals surface area contributed by atoms with E-state index in [2.05, 4.69) is 11.0 Å². The van der Waals surface area contributed by atoms with Gasteiger partial charge in [-0.25, -0.2) is 4.79 Å². The monoisotopic (exact) mass is 490 g/mol. The Balaban J connectivity index is 1.64. The first kappa shape index (κ1) is 23.4. The molecular formula is C26H22N2O4S2. The number of benzene rings is 3. The molecule has 3 aromatic carbocycles. The van der Waals surface area contributed by atoms with Gasteiger partial charge in [0.05, 0.1) is 16.2 Å². The molecule has 0 aliphatic carbocycles. The molecule has 0 amide bonds. The van der Waals surface area contributed by atoms with E-state index in [9.17, 15) is 13.2 Å². The summed E-state index contributed by atoms with van der Waals surface area (Å²) in [6, 6.07) is 22.4. The maximum absolute atomic E-state index is 12.8. The van der Waals surface area contributed by atoms with Crippen molar-refractivity contribution in [2.75, 3.05) is 0 Å². The lowest BCUT2D eigenvalue weighted by Crippen LogP contribution is -2.17. The van der Waals surface area contributed by atoms with Crippen LogP contribution in [0.2, 0.25) is 0 Å². The van der Waals surface area contributed by atoms with Gasteiger partial charge in [-0.2, -0.15) is 8.42 Å². The lowest BCUT2D eigenvalue weighted by molar-refractivity contribution is 0.0734. The molecule has 0 saturated heterocycles. The molecule has 1 heterocycles. The fourth-order valence-corrected chi connectivity index (χ4v) is 5.38. The molecule has 0 radical (unpaired) electrons. The highest BCUT2D eigenvalue weighted by molar-refractivity contribution is 7.90. The standard InChI is InChI=1S/C26H22N2O4S2/c1-3-17-28-24(18-33-26(28)27-34(30,31)23-15-9-19(2)10-16-23)20-11-13-22(14-12-20)32-25(29)21-7-5-4-6-8-21/h3-16,18H,1,17H2,2H3/b27-26-. The van der Waals surface area contributed by atoms with Crippen molar-refractivity contribution in [1.29, 1.82) is 0 Å². The number of aromatic nitrogens is 1. The largest absolute Gasteiger partial charge is 0.423 e. The van der Waals surface area contributed by atoms with Crippen LogP contribution < -0.4 is 9.54 Å². The predicted octanol–water partition coefficient (Wildman–Crippen LogP) is 5.22. The van der Waals surface area contributed by atoms with Gasteiger partial charge in [0.25, 0.3) is 10.0 Å². The first-order chi connectivity index (χ1) is 16.4. The number of allylic oxidation sites excluding steroid dienone is 1. The minimum absolute atomic E-state index is 0.141. The van der Waals surface area contributed by atoms with E-state index in [-0.39, 0.29) is 4.90 Å². The average molecular weight is 491 g/mol. The van der Waals surface area contributed by atoms with Crippen LogP contribution in [0.25, 0.3) is 11.3 Å². The number of sulfonamides is 1. The topological polar surface area (TPSA) is 77.7 Å². The van der Waals surface area contributed by atoms with Crippen molar-refractivity contribution in [1.82, 2.24) is 4.57 Å². The minimum atomic E-state index is -3.86. The SMILES string of the molecule is C=CCn1c(-c2ccc(OC(=O)c3ccccc3)cc2)cs/c1=N\S(=O)(=O)c1ccc(C)cc1. The fraction of sp³-hybridized carbons (Fsp3) is 0.0769. The van der Waals surface area contributed by atoms with Gasteiger partial charge in [0.2, 0.25) is 4.80 Å². The van der Waals surface area contributed by atoms with Crippen LogP contribution in [0.4, 0.5) is 0 Å². The maximum Gasteiger partial charge on any atom is 0.343 e. The van der Waals surface area contributed by atoms with E-state index in [0.717, 1.165) is 16.8 Å². The van der Waals surface area contributed by atoms with Gasteiger partial charge >= 0.3 is 5.97 Å². The van der Waals surface area contributed by atoms with Gasteiger partial charge in [0.15, 0.2) is 0 Å². The van der Waals surface area contributed by atoms with Gasteiger partial charge in [-0.3, -0.25) is 0 Å². The highest BCUT2D eigenvalue weighted by atomic mass is 32.2. The number of thiazole rings is 1. The molecule has 0 bridgehead atoms. The molecule has 0 saturated carbocycles. The third-order valence-electron chi connectivity index (χ3n) is 5.00. The van der Waals surface area contributed by atoms with Crippen LogP contribution in [0.1, 0.15) is 15.9 Å². The maximum atomic E-state index is 12.8. The van der Waals surface area contributed by atoms with E-state index in [1.165, 1.54) is 11.3 Å². The molecule has 0 spiro atoms. The summed E-state index contributed by atoms with van der Waals surface area (Å²) < 4.78 is 37.0. The summed E-state index contributed by atoms with van der Waals surface area (Å²) in [5.74, 6) is -0.0250. The van der Waals surface area contributed by atoms with Crippen molar-refractivity contribution in [3.63, 3.8) is 0 Å². The quantitative estimate of drug-likeness (QED) is 0.202. The number of nitrogens with zero attached hydrogens (tertiary/aromatic N) is 2. The Morgan fingerprint density at radius 2 is 1.71 bits per heavy atom. The van der Waals surface area contributed by atoms with Gasteiger partial charge in [-0.1, -0.05) is 42.0 Å². The van der Waals surface area contributed by atoms with Crippen LogP contribution in [-0.4, -0.2) is 19.0 Å². The number of ether oxygens (including phenoxy) is 1. The molecule has 1 aromatic heterocycles. The summed E-state index contributed by atoms with van der Waals surface area (Å²) in [5.41, 5.74) is 3.04. The van der Waals surface area contributed by atoms with Crippen LogP contribution in [0.3, 0.4) is 0 Å². The van der Waals surface area contributed by atoms with E-state index in [0.29, 0.717) is 22.7 Å². The molecule has 0 unspecified atom stereocenters. The number of hydrogen-bond acceptors (Lipinski definition) is 5. The second-order valence-corrected chi connectivity index (χ2v) is 9.90. The summed E-state index contributed by atoms with van der Waals surface area (Å²) in [7, 11) is -3.86. The number of aryl methyl sites for hydroxylation is 1. The molecular weight excluding hydrogens is 468 g/mol. The molecule has 0 aliphatic rings. The highest BCUT2D eigenvalue weighted by Gasteiger charge is 2.15. The third-order valence-corrected chi connectivity index (χ3v) is 7.26. The van der Waals surface area contributed by atoms with Crippen molar-refractivity contribution in [2.24, 2.45) is 4.40 Å². The Hall–Kier alpha value is -3.75. The van der Waals surface area contributed by atoms with E-state index in [1.807, 2.05) is 30.5 Å². The first-order valence-electron chi connectivity index (χ1n) is 10.4. The number of esters is 1. The van der Waals surface area contributed by atoms with Gasteiger partial charge in [-0.05, 0) is 61.0 Å². The Kier molecular flexibility index (Phi) is 6.90. The van der Waals surface area contributed by atoms with Crippen LogP contribution in [0.5, 0.6) is 5.75 Å². The van der Waals surface area contributed by atoms with Crippen LogP contribution in [0.15, 0.2) is 106 Å². The number of rotatable bonds is 7. The van der Waals surface area contributed by atoms with E-state index < -0.39 is 16.0 Å². The van der Waals surface area contributed by atoms with E-state index in [1.54, 1.807) is 71.3 Å². The average Bonchev–Trinajstić information content (AvgIpc) is 3.22. The molecule has 0 fully saturated rings. The summed E-state index contributed by atoms with van der Waals surface area (Å²) in [5, 5.41) is 1.85. The second-order valence-electron chi connectivity index (χ2n) is 7.46. The zero-order valence-electron chi connectivity index (χ0n) is 18.4. The second kappa shape index (κ2) is 10.0. The molecule has 172 valence electrons. The Labute approximate surface area is 202 Å². The zero-order chi connectivity index (χ0) is 24.1. The Morgan fingerprint density at radius 3 is 2.35 bits per heavy atom.